The highest BCUT2D eigenvalue weighted by molar-refractivity contribution is 5.97. The lowest BCUT2D eigenvalue weighted by Crippen LogP contribution is -2.50. The van der Waals surface area contributed by atoms with Gasteiger partial charge in [-0.15, -0.1) is 5.10 Å². The van der Waals surface area contributed by atoms with Crippen molar-refractivity contribution in [3.05, 3.63) is 64.2 Å². The number of nitrogens with zero attached hydrogens (tertiary/aromatic N) is 6. The Hall–Kier alpha value is -4.38. The van der Waals surface area contributed by atoms with E-state index in [1.165, 1.54) is 16.8 Å². The number of aryl methyl sites for hydroxylation is 1. The number of aromatic nitrogens is 4. The van der Waals surface area contributed by atoms with Crippen molar-refractivity contribution >= 4 is 23.5 Å². The van der Waals surface area contributed by atoms with Gasteiger partial charge >= 0.3 is 18.5 Å². The molecule has 1 aliphatic heterocycles. The van der Waals surface area contributed by atoms with Gasteiger partial charge in [0.25, 0.3) is 5.95 Å². The fourth-order valence-corrected chi connectivity index (χ4v) is 6.96. The minimum Gasteiger partial charge on any atom is -0.370 e. The molecule has 0 radical (unpaired) electrons. The van der Waals surface area contributed by atoms with Crippen LogP contribution in [0, 0.1) is 11.8 Å². The molecule has 3 aromatic rings. The van der Waals surface area contributed by atoms with E-state index in [0.717, 1.165) is 23.0 Å². The van der Waals surface area contributed by atoms with Crippen molar-refractivity contribution in [3.8, 4) is 0 Å². The van der Waals surface area contributed by atoms with Gasteiger partial charge < -0.3 is 15.5 Å². The Morgan fingerprint density at radius 1 is 0.880 bits per heavy atom. The van der Waals surface area contributed by atoms with E-state index >= 15 is 0 Å². The van der Waals surface area contributed by atoms with Crippen LogP contribution in [-0.4, -0.2) is 38.1 Å². The van der Waals surface area contributed by atoms with Gasteiger partial charge in [-0.05, 0) is 97.2 Å². The number of benzene rings is 2. The van der Waals surface area contributed by atoms with Gasteiger partial charge in [0.15, 0.2) is 0 Å². The third-order valence-electron chi connectivity index (χ3n) is 9.36. The summed E-state index contributed by atoms with van der Waals surface area (Å²) in [7, 11) is 1.37. The summed E-state index contributed by atoms with van der Waals surface area (Å²) in [4.78, 5) is 29.2. The molecule has 1 aliphatic carbocycles. The molecule has 50 heavy (non-hydrogen) atoms. The van der Waals surface area contributed by atoms with Gasteiger partial charge in [0.1, 0.15) is 0 Å². The van der Waals surface area contributed by atoms with E-state index in [4.69, 9.17) is 5.73 Å². The Balaban J connectivity index is 1.61. The van der Waals surface area contributed by atoms with E-state index < -0.39 is 71.2 Å². The predicted molar refractivity (Wildman–Crippen MR) is 161 cm³/mol. The number of alkyl halides is 9. The minimum atomic E-state index is -5.14. The maximum absolute atomic E-state index is 14.1. The average molecular weight is 720 g/mol. The molecule has 2 heterocycles. The van der Waals surface area contributed by atoms with Crippen molar-refractivity contribution < 1.29 is 49.1 Å². The smallest absolute Gasteiger partial charge is 0.370 e. The number of primary amides is 1. The number of hydrogen-bond acceptors (Lipinski definition) is 6. The molecule has 1 saturated carbocycles. The first-order valence-electron chi connectivity index (χ1n) is 15.9. The van der Waals surface area contributed by atoms with Gasteiger partial charge in [-0.3, -0.25) is 9.59 Å². The van der Waals surface area contributed by atoms with E-state index in [9.17, 15) is 49.1 Å². The minimum absolute atomic E-state index is 0.00707. The van der Waals surface area contributed by atoms with Crippen LogP contribution in [0.3, 0.4) is 0 Å². The maximum Gasteiger partial charge on any atom is 0.416 e. The fourth-order valence-electron chi connectivity index (χ4n) is 6.96. The quantitative estimate of drug-likeness (QED) is 0.247. The zero-order valence-corrected chi connectivity index (χ0v) is 26.9. The van der Waals surface area contributed by atoms with Gasteiger partial charge in [-0.2, -0.15) is 44.3 Å². The van der Waals surface area contributed by atoms with Gasteiger partial charge in [0.2, 0.25) is 11.8 Å². The van der Waals surface area contributed by atoms with E-state index in [0.29, 0.717) is 44.2 Å². The lowest BCUT2D eigenvalue weighted by atomic mass is 9.78. The summed E-state index contributed by atoms with van der Waals surface area (Å²) in [5.74, 6) is -1.53. The molecule has 9 nitrogen and oxygen atoms in total. The number of fused-ring (bicyclic) bond motifs is 1. The summed E-state index contributed by atoms with van der Waals surface area (Å²) < 4.78 is 125. The van der Waals surface area contributed by atoms with Crippen molar-refractivity contribution in [1.29, 1.82) is 0 Å². The van der Waals surface area contributed by atoms with Crippen LogP contribution in [0.2, 0.25) is 0 Å². The molecular weight excluding hydrogens is 685 g/mol. The highest BCUT2D eigenvalue weighted by atomic mass is 19.4. The molecule has 5 rings (SSSR count). The van der Waals surface area contributed by atoms with Crippen LogP contribution in [-0.2, 0) is 41.7 Å². The van der Waals surface area contributed by atoms with E-state index in [2.05, 4.69) is 15.4 Å². The third-order valence-corrected chi connectivity index (χ3v) is 9.36. The molecule has 2 amide bonds. The Morgan fingerprint density at radius 2 is 1.48 bits per heavy atom. The number of halogens is 9. The van der Waals surface area contributed by atoms with Crippen LogP contribution in [0.1, 0.15) is 85.7 Å². The maximum atomic E-state index is 14.1. The number of tetrazole rings is 1. The second kappa shape index (κ2) is 13.7. The van der Waals surface area contributed by atoms with E-state index in [1.54, 1.807) is 6.92 Å². The molecule has 18 heteroatoms. The van der Waals surface area contributed by atoms with Crippen molar-refractivity contribution in [2.75, 3.05) is 9.80 Å². The number of rotatable bonds is 8. The van der Waals surface area contributed by atoms with Crippen molar-refractivity contribution in [2.45, 2.75) is 89.0 Å². The van der Waals surface area contributed by atoms with Crippen LogP contribution >= 0.6 is 0 Å². The first kappa shape index (κ1) is 36.9. The number of carbonyl (C=O) groups excluding carboxylic acids is 2. The first-order chi connectivity index (χ1) is 23.3. The Kier molecular flexibility index (Phi) is 10.1. The molecule has 2 atom stereocenters. The van der Waals surface area contributed by atoms with Crippen LogP contribution in [0.5, 0.6) is 0 Å². The summed E-state index contributed by atoms with van der Waals surface area (Å²) in [5.41, 5.74) is 0.782. The summed E-state index contributed by atoms with van der Waals surface area (Å²) in [6.45, 7) is 1.08. The zero-order chi connectivity index (χ0) is 36.8. The molecule has 2 aromatic carbocycles. The molecular formula is C32H34F9N7O2. The predicted octanol–water partition coefficient (Wildman–Crippen LogP) is 7.21. The molecule has 272 valence electrons. The molecule has 0 saturated heterocycles. The van der Waals surface area contributed by atoms with E-state index in [1.807, 2.05) is 0 Å². The van der Waals surface area contributed by atoms with Crippen molar-refractivity contribution in [2.24, 2.45) is 24.6 Å². The lowest BCUT2D eigenvalue weighted by molar-refractivity contribution is -0.143. The summed E-state index contributed by atoms with van der Waals surface area (Å²) in [6.07, 6.45) is -12.7. The van der Waals surface area contributed by atoms with Gasteiger partial charge in [0.05, 0.1) is 29.8 Å². The normalized spacial score (nSPS) is 21.5. The van der Waals surface area contributed by atoms with Crippen LogP contribution in [0.25, 0.3) is 0 Å². The number of carbonyl (C=O) groups is 2. The largest absolute Gasteiger partial charge is 0.416 e. The lowest BCUT2D eigenvalue weighted by Gasteiger charge is -2.46. The van der Waals surface area contributed by atoms with Crippen LogP contribution < -0.4 is 15.5 Å². The van der Waals surface area contributed by atoms with Crippen LogP contribution in [0.4, 0.5) is 51.1 Å². The Bertz CT molecular complexity index is 1680. The third kappa shape index (κ3) is 7.98. The average Bonchev–Trinajstić information content (AvgIpc) is 3.46. The molecule has 1 fully saturated rings. The zero-order valence-electron chi connectivity index (χ0n) is 26.9. The molecule has 0 bridgehead atoms. The standard InChI is InChI=1S/C32H34F9N7O2/c1-3-23-15-26(47(29-43-45-46(2)44-29)16-18-10-21(31(36,37)38)13-22(11-18)32(39,40)41)24-14-20(30(33,34)35)8-9-25(24)48(23)28(50)19-6-4-17(5-7-19)12-27(42)49/h8-11,13-14,17,19,23,26H,3-7,12,15-16H2,1-2H3,(H2,42,49)/t17-,19-,23-,26?/m1/s1. The number of nitrogens with two attached hydrogens (primary N) is 1. The Labute approximate surface area is 280 Å². The second-order valence-electron chi connectivity index (χ2n) is 12.8. The van der Waals surface area contributed by atoms with Gasteiger partial charge in [-0.1, -0.05) is 12.0 Å². The SMILES string of the molecule is CC[C@@H]1CC(N(Cc2cc(C(F)(F)F)cc(C(F)(F)F)c2)c2nnn(C)n2)c2cc(C(F)(F)F)ccc2N1C(=O)[C@H]1CC[C@H](CC(N)=O)CC1. The summed E-state index contributed by atoms with van der Waals surface area (Å²) >= 11 is 0. The second-order valence-corrected chi connectivity index (χ2v) is 12.8. The highest BCUT2D eigenvalue weighted by Gasteiger charge is 2.44. The van der Waals surface area contributed by atoms with Gasteiger partial charge in [0, 0.05) is 30.6 Å². The monoisotopic (exact) mass is 719 g/mol. The molecule has 2 N–H and O–H groups in total. The molecule has 1 aromatic heterocycles. The topological polar surface area (TPSA) is 110 Å². The number of hydrogen-bond donors (Lipinski definition) is 1. The number of amides is 2. The molecule has 0 spiro atoms. The van der Waals surface area contributed by atoms with Crippen molar-refractivity contribution in [1.82, 2.24) is 20.2 Å². The van der Waals surface area contributed by atoms with Crippen molar-refractivity contribution in [3.63, 3.8) is 0 Å². The van der Waals surface area contributed by atoms with E-state index in [-0.39, 0.29) is 47.9 Å². The summed E-state index contributed by atoms with van der Waals surface area (Å²) in [5, 5.41) is 11.8. The Morgan fingerprint density at radius 3 is 1.98 bits per heavy atom. The first-order valence-corrected chi connectivity index (χ1v) is 15.9. The van der Waals surface area contributed by atoms with Gasteiger partial charge in [-0.25, -0.2) is 0 Å². The molecule has 2 aliphatic rings. The van der Waals surface area contributed by atoms with Crippen LogP contribution in [0.15, 0.2) is 36.4 Å². The number of anilines is 2. The molecule has 1 unspecified atom stereocenters. The fraction of sp³-hybridized carbons (Fsp3) is 0.531. The highest BCUT2D eigenvalue weighted by Crippen LogP contribution is 2.47. The summed E-state index contributed by atoms with van der Waals surface area (Å²) in [6, 6.07) is 2.12.